The lowest BCUT2D eigenvalue weighted by Crippen LogP contribution is -2.42. The van der Waals surface area contributed by atoms with Crippen molar-refractivity contribution in [1.82, 2.24) is 5.32 Å². The fourth-order valence-electron chi connectivity index (χ4n) is 2.96. The topological polar surface area (TPSA) is 163 Å². The number of aliphatic hydroxyl groups is 1. The van der Waals surface area contributed by atoms with Gasteiger partial charge in [0, 0.05) is 41.2 Å². The molecule has 0 bridgehead atoms. The predicted molar refractivity (Wildman–Crippen MR) is 171 cm³/mol. The highest BCUT2D eigenvalue weighted by molar-refractivity contribution is 6.15. The highest BCUT2D eigenvalue weighted by Crippen LogP contribution is 2.23. The number of nitrogens with one attached hydrogen (secondary N) is 1. The van der Waals surface area contributed by atoms with Gasteiger partial charge in [-0.3, -0.25) is 9.59 Å². The first-order valence-corrected chi connectivity index (χ1v) is 14.0. The van der Waals surface area contributed by atoms with Crippen molar-refractivity contribution in [2.75, 3.05) is 27.4 Å². The molecule has 0 spiro atoms. The van der Waals surface area contributed by atoms with E-state index in [-0.39, 0.29) is 38.8 Å². The molecule has 1 heterocycles. The summed E-state index contributed by atoms with van der Waals surface area (Å²) in [5.74, 6) is -4.11. The third kappa shape index (κ3) is 20.0. The van der Waals surface area contributed by atoms with E-state index < -0.39 is 29.1 Å². The zero-order valence-corrected chi connectivity index (χ0v) is 27.6. The molecule has 0 atom stereocenters. The first-order chi connectivity index (χ1) is 20.5. The fraction of sp³-hybridized carbons (Fsp3) is 0.424. The molecule has 1 saturated heterocycles. The van der Waals surface area contributed by atoms with Crippen LogP contribution < -0.4 is 11.1 Å². The molecule has 0 unspecified atom stereocenters. The Hall–Kier alpha value is -4.06. The summed E-state index contributed by atoms with van der Waals surface area (Å²) in [6.07, 6.45) is -0.124. The second-order valence-electron chi connectivity index (χ2n) is 8.53. The number of cyclic esters (lactones) is 2. The van der Waals surface area contributed by atoms with Gasteiger partial charge in [0.25, 0.3) is 5.79 Å². The van der Waals surface area contributed by atoms with Gasteiger partial charge in [0.15, 0.2) is 11.4 Å². The summed E-state index contributed by atoms with van der Waals surface area (Å²) in [5.41, 5.74) is 7.03. The maximum Gasteiger partial charge on any atom is 0.352 e. The molecule has 4 N–H and O–H groups in total. The summed E-state index contributed by atoms with van der Waals surface area (Å²) < 4.78 is 18.8. The maximum atomic E-state index is 11.3. The van der Waals surface area contributed by atoms with E-state index in [4.69, 9.17) is 15.2 Å². The van der Waals surface area contributed by atoms with Crippen molar-refractivity contribution < 1.29 is 43.2 Å². The Balaban J connectivity index is -0.000000557. The van der Waals surface area contributed by atoms with Crippen LogP contribution in [0.25, 0.3) is 0 Å². The molecular formula is C33H51N2O9-. The lowest BCUT2D eigenvalue weighted by atomic mass is 10.2. The van der Waals surface area contributed by atoms with Gasteiger partial charge in [-0.25, -0.2) is 9.59 Å². The minimum absolute atomic E-state index is 0. The Morgan fingerprint density at radius 1 is 0.818 bits per heavy atom. The molecule has 0 aliphatic carbocycles. The highest BCUT2D eigenvalue weighted by atomic mass is 16.7. The number of aliphatic hydroxyl groups excluding tert-OH is 1. The Labute approximate surface area is 262 Å². The third-order valence-corrected chi connectivity index (χ3v) is 4.73. The molecule has 0 saturated carbocycles. The quantitative estimate of drug-likeness (QED) is 0.0884. The number of esters is 2. The number of amides is 1. The molecule has 2 aromatic carbocycles. The molecule has 1 fully saturated rings. The van der Waals surface area contributed by atoms with Crippen molar-refractivity contribution in [2.24, 2.45) is 5.73 Å². The van der Waals surface area contributed by atoms with Crippen molar-refractivity contribution in [1.29, 1.82) is 0 Å². The SMILES string of the molecule is CC.CC.COCC(=O)CC(=O)NCc1ccccc1.COCC(O)=C1C(=O)OC(C)(C)OC1=O.NCc1ccccc1.[CH3-]. The zero-order valence-electron chi connectivity index (χ0n) is 27.6. The second kappa shape index (κ2) is 26.6. The van der Waals surface area contributed by atoms with Crippen LogP contribution in [0.15, 0.2) is 72.0 Å². The Morgan fingerprint density at radius 2 is 1.25 bits per heavy atom. The molecule has 248 valence electrons. The molecule has 0 aromatic heterocycles. The normalized spacial score (nSPS) is 12.2. The Bertz CT molecular complexity index is 1080. The molecule has 11 nitrogen and oxygen atoms in total. The van der Waals surface area contributed by atoms with Crippen LogP contribution in [0.3, 0.4) is 0 Å². The first-order valence-electron chi connectivity index (χ1n) is 14.0. The van der Waals surface area contributed by atoms with E-state index in [0.29, 0.717) is 13.1 Å². The number of benzene rings is 2. The average Bonchev–Trinajstić information content (AvgIpc) is 2.99. The monoisotopic (exact) mass is 619 g/mol. The van der Waals surface area contributed by atoms with E-state index in [2.05, 4.69) is 14.8 Å². The molecule has 1 aliphatic heterocycles. The van der Waals surface area contributed by atoms with Gasteiger partial charge >= 0.3 is 11.9 Å². The molecule has 1 amide bonds. The first kappa shape index (κ1) is 44.4. The molecular weight excluding hydrogens is 568 g/mol. The smallest absolute Gasteiger partial charge is 0.352 e. The summed E-state index contributed by atoms with van der Waals surface area (Å²) in [4.78, 5) is 45.1. The average molecular weight is 620 g/mol. The zero-order chi connectivity index (χ0) is 33.3. The maximum absolute atomic E-state index is 11.3. The molecule has 44 heavy (non-hydrogen) atoms. The van der Waals surface area contributed by atoms with Gasteiger partial charge in [-0.2, -0.15) is 0 Å². The van der Waals surface area contributed by atoms with Crippen LogP contribution in [-0.2, 0) is 51.2 Å². The van der Waals surface area contributed by atoms with E-state index in [9.17, 15) is 24.3 Å². The molecule has 3 rings (SSSR count). The molecule has 0 radical (unpaired) electrons. The number of nitrogens with two attached hydrogens (primary N) is 1. The van der Waals surface area contributed by atoms with Gasteiger partial charge in [0.2, 0.25) is 5.91 Å². The number of Topliss-reactive ketones (excluding diaryl/α,β-unsaturated/α-hetero) is 1. The third-order valence-electron chi connectivity index (χ3n) is 4.73. The van der Waals surface area contributed by atoms with Crippen molar-refractivity contribution in [3.8, 4) is 0 Å². The number of ether oxygens (including phenoxy) is 4. The van der Waals surface area contributed by atoms with Crippen LogP contribution >= 0.6 is 0 Å². The number of hydrogen-bond acceptors (Lipinski definition) is 10. The molecule has 1 aliphatic rings. The van der Waals surface area contributed by atoms with Crippen molar-refractivity contribution in [2.45, 2.75) is 66.8 Å². The van der Waals surface area contributed by atoms with Gasteiger partial charge < -0.3 is 42.5 Å². The number of rotatable bonds is 9. The van der Waals surface area contributed by atoms with Gasteiger partial charge in [-0.15, -0.1) is 0 Å². The minimum atomic E-state index is -1.30. The summed E-state index contributed by atoms with van der Waals surface area (Å²) in [7, 11) is 2.75. The summed E-state index contributed by atoms with van der Waals surface area (Å²) in [5, 5.41) is 12.0. The standard InChI is InChI=1S/C12H15NO3.C9H12O6.C7H9N.2C2H6.CH3/c1-16-9-11(14)7-12(15)13-8-10-5-3-2-4-6-10;1-9(2)14-7(11)6(8(12)15-9)5(10)4-13-3;8-6-7-4-2-1-3-5-7;2*1-2;/h2-6H,7-9H2,1H3,(H,13,15);10H,4H2,1-3H3;1-5H,6,8H2;2*1-2H3;1H3/q;;;;;-1. The summed E-state index contributed by atoms with van der Waals surface area (Å²) in [6.45, 7) is 11.7. The van der Waals surface area contributed by atoms with Crippen LogP contribution in [0, 0.1) is 7.43 Å². The lowest BCUT2D eigenvalue weighted by Gasteiger charge is -2.29. The van der Waals surface area contributed by atoms with Gasteiger partial charge in [-0.1, -0.05) is 88.4 Å². The number of carbonyl (C=O) groups is 4. The predicted octanol–water partition coefficient (Wildman–Crippen LogP) is 4.84. The summed E-state index contributed by atoms with van der Waals surface area (Å²) in [6, 6.07) is 19.5. The van der Waals surface area contributed by atoms with Gasteiger partial charge in [0.1, 0.15) is 19.0 Å². The lowest BCUT2D eigenvalue weighted by molar-refractivity contribution is -0.222. The van der Waals surface area contributed by atoms with Gasteiger partial charge in [0.05, 0.1) is 6.42 Å². The van der Waals surface area contributed by atoms with Crippen molar-refractivity contribution >= 4 is 23.6 Å². The van der Waals surface area contributed by atoms with Crippen LogP contribution in [0.1, 0.15) is 59.1 Å². The van der Waals surface area contributed by atoms with Crippen LogP contribution in [0.2, 0.25) is 0 Å². The minimum Gasteiger partial charge on any atom is -0.509 e. The molecule has 2 aromatic rings. The van der Waals surface area contributed by atoms with Crippen LogP contribution in [0.4, 0.5) is 0 Å². The number of carbonyl (C=O) groups excluding carboxylic acids is 4. The van der Waals surface area contributed by atoms with Gasteiger partial charge in [-0.05, 0) is 11.1 Å². The van der Waals surface area contributed by atoms with Crippen LogP contribution in [-0.4, -0.2) is 62.0 Å². The molecule has 11 heteroatoms. The van der Waals surface area contributed by atoms with E-state index in [0.717, 1.165) is 5.56 Å². The fourth-order valence-corrected chi connectivity index (χ4v) is 2.96. The largest absolute Gasteiger partial charge is 0.509 e. The van der Waals surface area contributed by atoms with Crippen molar-refractivity contribution in [3.05, 3.63) is 90.5 Å². The van der Waals surface area contributed by atoms with E-state index in [1.54, 1.807) is 0 Å². The Morgan fingerprint density at radius 3 is 1.64 bits per heavy atom. The number of methoxy groups -OCH3 is 2. The van der Waals surface area contributed by atoms with Crippen molar-refractivity contribution in [3.63, 3.8) is 0 Å². The van der Waals surface area contributed by atoms with E-state index >= 15 is 0 Å². The van der Waals surface area contributed by atoms with E-state index in [1.807, 2.05) is 88.4 Å². The Kier molecular flexibility index (Phi) is 26.8. The number of ketones is 1. The van der Waals surface area contributed by atoms with E-state index in [1.165, 1.54) is 33.6 Å². The summed E-state index contributed by atoms with van der Waals surface area (Å²) >= 11 is 0. The van der Waals surface area contributed by atoms with Crippen LogP contribution in [0.5, 0.6) is 0 Å². The number of hydrogen-bond donors (Lipinski definition) is 3. The highest BCUT2D eigenvalue weighted by Gasteiger charge is 2.41. The second-order valence-corrected chi connectivity index (χ2v) is 8.53.